The van der Waals surface area contributed by atoms with Crippen LogP contribution in [0.15, 0.2) is 36.0 Å². The van der Waals surface area contributed by atoms with Gasteiger partial charge in [0, 0.05) is 12.1 Å². The summed E-state index contributed by atoms with van der Waals surface area (Å²) >= 11 is 0. The number of hydrogen-bond donors (Lipinski definition) is 1. The number of piperidine rings is 1. The number of nitrogens with one attached hydrogen (secondary N) is 1. The lowest BCUT2D eigenvalue weighted by Crippen LogP contribution is -2.32. The zero-order valence-corrected chi connectivity index (χ0v) is 7.26. The molecule has 0 spiro atoms. The van der Waals surface area contributed by atoms with Gasteiger partial charge < -0.3 is 5.32 Å². The molecule has 1 amide bonds. The first-order valence-corrected chi connectivity index (χ1v) is 4.06. The maximum atomic E-state index is 11.3. The SMILES string of the molecule is C=CC=C1C(=O)NCCC1=CC. The van der Waals surface area contributed by atoms with Crippen LogP contribution < -0.4 is 5.32 Å². The predicted molar refractivity (Wildman–Crippen MR) is 49.7 cm³/mol. The molecule has 1 fully saturated rings. The summed E-state index contributed by atoms with van der Waals surface area (Å²) < 4.78 is 0. The Morgan fingerprint density at radius 1 is 1.58 bits per heavy atom. The van der Waals surface area contributed by atoms with Gasteiger partial charge in [-0.25, -0.2) is 0 Å². The zero-order valence-electron chi connectivity index (χ0n) is 7.26. The van der Waals surface area contributed by atoms with E-state index in [2.05, 4.69) is 11.9 Å². The molecule has 1 aliphatic rings. The van der Waals surface area contributed by atoms with Gasteiger partial charge in [0.05, 0.1) is 0 Å². The van der Waals surface area contributed by atoms with Gasteiger partial charge >= 0.3 is 0 Å². The molecule has 0 aliphatic carbocycles. The van der Waals surface area contributed by atoms with Gasteiger partial charge in [-0.3, -0.25) is 4.79 Å². The number of rotatable bonds is 1. The highest BCUT2D eigenvalue weighted by atomic mass is 16.1. The molecule has 0 aromatic rings. The summed E-state index contributed by atoms with van der Waals surface area (Å²) in [5.41, 5.74) is 1.86. The van der Waals surface area contributed by atoms with Crippen LogP contribution in [0.3, 0.4) is 0 Å². The van der Waals surface area contributed by atoms with Gasteiger partial charge in [-0.2, -0.15) is 0 Å². The fourth-order valence-corrected chi connectivity index (χ4v) is 1.29. The highest BCUT2D eigenvalue weighted by Crippen LogP contribution is 2.17. The van der Waals surface area contributed by atoms with Gasteiger partial charge in [-0.1, -0.05) is 18.7 Å². The van der Waals surface area contributed by atoms with E-state index in [9.17, 15) is 4.79 Å². The molecule has 12 heavy (non-hydrogen) atoms. The van der Waals surface area contributed by atoms with Crippen molar-refractivity contribution in [3.63, 3.8) is 0 Å². The van der Waals surface area contributed by atoms with Gasteiger partial charge in [0.1, 0.15) is 0 Å². The summed E-state index contributed by atoms with van der Waals surface area (Å²) in [5.74, 6) is 0.00856. The second-order valence-corrected chi connectivity index (χ2v) is 2.64. The second-order valence-electron chi connectivity index (χ2n) is 2.64. The minimum absolute atomic E-state index is 0.00856. The van der Waals surface area contributed by atoms with E-state index in [1.807, 2.05) is 13.0 Å². The third-order valence-corrected chi connectivity index (χ3v) is 1.90. The summed E-state index contributed by atoms with van der Waals surface area (Å²) in [4.78, 5) is 11.3. The molecule has 0 radical (unpaired) electrons. The zero-order chi connectivity index (χ0) is 8.97. The molecular weight excluding hydrogens is 150 g/mol. The summed E-state index contributed by atoms with van der Waals surface area (Å²) in [6.07, 6.45) is 6.30. The Labute approximate surface area is 72.7 Å². The summed E-state index contributed by atoms with van der Waals surface area (Å²) in [6, 6.07) is 0. The van der Waals surface area contributed by atoms with Crippen molar-refractivity contribution in [1.29, 1.82) is 0 Å². The molecule has 1 rings (SSSR count). The van der Waals surface area contributed by atoms with Crippen molar-refractivity contribution >= 4 is 5.91 Å². The topological polar surface area (TPSA) is 29.1 Å². The summed E-state index contributed by atoms with van der Waals surface area (Å²) in [6.45, 7) is 6.27. The van der Waals surface area contributed by atoms with Gasteiger partial charge in [-0.15, -0.1) is 0 Å². The molecule has 1 aliphatic heterocycles. The molecule has 64 valence electrons. The first kappa shape index (κ1) is 8.78. The van der Waals surface area contributed by atoms with Crippen LogP contribution >= 0.6 is 0 Å². The van der Waals surface area contributed by atoms with E-state index in [0.717, 1.165) is 24.1 Å². The number of hydrogen-bond acceptors (Lipinski definition) is 1. The molecule has 1 heterocycles. The average molecular weight is 163 g/mol. The van der Waals surface area contributed by atoms with E-state index in [1.54, 1.807) is 12.2 Å². The van der Waals surface area contributed by atoms with Gasteiger partial charge in [-0.05, 0) is 25.0 Å². The van der Waals surface area contributed by atoms with Crippen LogP contribution in [-0.2, 0) is 4.79 Å². The largest absolute Gasteiger partial charge is 0.352 e. The van der Waals surface area contributed by atoms with Crippen LogP contribution in [0.4, 0.5) is 0 Å². The first-order chi connectivity index (χ1) is 5.79. The van der Waals surface area contributed by atoms with E-state index in [1.165, 1.54) is 0 Å². The molecule has 1 N–H and O–H groups in total. The smallest absolute Gasteiger partial charge is 0.251 e. The molecule has 1 saturated heterocycles. The van der Waals surface area contributed by atoms with Gasteiger partial charge in [0.25, 0.3) is 5.91 Å². The number of allylic oxidation sites excluding steroid dienone is 3. The van der Waals surface area contributed by atoms with E-state index in [0.29, 0.717) is 0 Å². The van der Waals surface area contributed by atoms with Crippen LogP contribution in [-0.4, -0.2) is 12.5 Å². The minimum Gasteiger partial charge on any atom is -0.352 e. The molecule has 0 unspecified atom stereocenters. The van der Waals surface area contributed by atoms with Crippen LogP contribution in [0.5, 0.6) is 0 Å². The maximum Gasteiger partial charge on any atom is 0.251 e. The second kappa shape index (κ2) is 3.90. The maximum absolute atomic E-state index is 11.3. The number of carbonyl (C=O) groups is 1. The molecule has 0 atom stereocenters. The fourth-order valence-electron chi connectivity index (χ4n) is 1.29. The molecule has 2 nitrogen and oxygen atoms in total. The average Bonchev–Trinajstić information content (AvgIpc) is 2.09. The van der Waals surface area contributed by atoms with Crippen LogP contribution in [0, 0.1) is 0 Å². The van der Waals surface area contributed by atoms with Gasteiger partial charge in [0.15, 0.2) is 0 Å². The highest BCUT2D eigenvalue weighted by Gasteiger charge is 2.17. The standard InChI is InChI=1S/C10H13NO/c1-3-5-9-8(4-2)6-7-11-10(9)12/h3-5H,1,6-7H2,2H3,(H,11,12). The minimum atomic E-state index is 0.00856. The summed E-state index contributed by atoms with van der Waals surface area (Å²) in [5, 5.41) is 2.79. The molecular formula is C10H13NO. The molecule has 0 saturated carbocycles. The van der Waals surface area contributed by atoms with E-state index < -0.39 is 0 Å². The quantitative estimate of drug-likeness (QED) is 0.584. The lowest BCUT2D eigenvalue weighted by Gasteiger charge is -2.17. The van der Waals surface area contributed by atoms with E-state index in [4.69, 9.17) is 0 Å². The van der Waals surface area contributed by atoms with Crippen LogP contribution in [0.25, 0.3) is 0 Å². The van der Waals surface area contributed by atoms with Crippen molar-refractivity contribution in [2.75, 3.05) is 6.54 Å². The lowest BCUT2D eigenvalue weighted by molar-refractivity contribution is -0.117. The highest BCUT2D eigenvalue weighted by molar-refractivity contribution is 5.99. The van der Waals surface area contributed by atoms with Crippen LogP contribution in [0.2, 0.25) is 0 Å². The molecule has 0 aromatic carbocycles. The van der Waals surface area contributed by atoms with Crippen molar-refractivity contribution in [2.24, 2.45) is 0 Å². The van der Waals surface area contributed by atoms with E-state index in [-0.39, 0.29) is 5.91 Å². The monoisotopic (exact) mass is 163 g/mol. The molecule has 0 aromatic heterocycles. The molecule has 0 bridgehead atoms. The van der Waals surface area contributed by atoms with Crippen molar-refractivity contribution in [1.82, 2.24) is 5.32 Å². The van der Waals surface area contributed by atoms with Crippen molar-refractivity contribution < 1.29 is 4.79 Å². The Morgan fingerprint density at radius 2 is 2.33 bits per heavy atom. The van der Waals surface area contributed by atoms with E-state index >= 15 is 0 Å². The third-order valence-electron chi connectivity index (χ3n) is 1.90. The van der Waals surface area contributed by atoms with Crippen molar-refractivity contribution in [2.45, 2.75) is 13.3 Å². The van der Waals surface area contributed by atoms with Crippen molar-refractivity contribution in [3.8, 4) is 0 Å². The Bertz CT molecular complexity index is 261. The van der Waals surface area contributed by atoms with Crippen molar-refractivity contribution in [3.05, 3.63) is 36.0 Å². The Morgan fingerprint density at radius 3 is 2.92 bits per heavy atom. The van der Waals surface area contributed by atoms with Gasteiger partial charge in [0.2, 0.25) is 0 Å². The first-order valence-electron chi connectivity index (χ1n) is 4.06. The fraction of sp³-hybridized carbons (Fsp3) is 0.300. The Balaban J connectivity index is 2.95. The van der Waals surface area contributed by atoms with Crippen LogP contribution in [0.1, 0.15) is 13.3 Å². The molecule has 2 heteroatoms. The predicted octanol–water partition coefficient (Wildman–Crippen LogP) is 1.56. The Kier molecular flexibility index (Phi) is 2.86. The lowest BCUT2D eigenvalue weighted by atomic mass is 9.98. The third kappa shape index (κ3) is 1.64. The Hall–Kier alpha value is -1.31. The number of amides is 1. The normalized spacial score (nSPS) is 24.2. The number of carbonyl (C=O) groups excluding carboxylic acids is 1. The summed E-state index contributed by atoms with van der Waals surface area (Å²) in [7, 11) is 0.